The second-order valence-electron chi connectivity index (χ2n) is 3.06. The highest BCUT2D eigenvalue weighted by Gasteiger charge is 2.37. The van der Waals surface area contributed by atoms with Gasteiger partial charge in [0.05, 0.1) is 5.88 Å². The Kier molecular flexibility index (Phi) is 4.15. The van der Waals surface area contributed by atoms with Crippen LogP contribution in [0.15, 0.2) is 30.3 Å². The summed E-state index contributed by atoms with van der Waals surface area (Å²) in [5, 5.41) is 11.0. The fraction of sp³-hybridized carbons (Fsp3) is 0.200. The molecular weight excluding hydrogens is 253 g/mol. The monoisotopic (exact) mass is 261 g/mol. The van der Waals surface area contributed by atoms with Gasteiger partial charge in [-0.3, -0.25) is 4.79 Å². The van der Waals surface area contributed by atoms with Crippen molar-refractivity contribution in [1.82, 2.24) is 5.32 Å². The van der Waals surface area contributed by atoms with E-state index in [1.165, 1.54) is 0 Å². The van der Waals surface area contributed by atoms with Gasteiger partial charge < -0.3 is 10.4 Å². The first-order valence-corrected chi connectivity index (χ1v) is 5.26. The molecule has 0 aliphatic rings. The van der Waals surface area contributed by atoms with Crippen LogP contribution in [0.2, 0.25) is 0 Å². The predicted octanol–water partition coefficient (Wildman–Crippen LogP) is 1.67. The lowest BCUT2D eigenvalue weighted by atomic mass is 10.2. The van der Waals surface area contributed by atoms with Crippen LogP contribution >= 0.6 is 23.2 Å². The zero-order valence-corrected chi connectivity index (χ0v) is 9.63. The molecule has 4 nitrogen and oxygen atoms in total. The average Bonchev–Trinajstić information content (AvgIpc) is 2.29. The summed E-state index contributed by atoms with van der Waals surface area (Å²) >= 11 is 11.0. The second kappa shape index (κ2) is 5.18. The first-order chi connectivity index (χ1) is 7.49. The Morgan fingerprint density at radius 3 is 2.31 bits per heavy atom. The van der Waals surface area contributed by atoms with E-state index in [9.17, 15) is 9.59 Å². The number of nitrogens with one attached hydrogen (secondary N) is 1. The van der Waals surface area contributed by atoms with Gasteiger partial charge in [-0.1, -0.05) is 29.8 Å². The summed E-state index contributed by atoms with van der Waals surface area (Å²) in [6.45, 7) is 0. The zero-order valence-electron chi connectivity index (χ0n) is 8.11. The molecule has 16 heavy (non-hydrogen) atoms. The molecule has 0 bridgehead atoms. The summed E-state index contributed by atoms with van der Waals surface area (Å²) in [6, 6.07) is 8.15. The van der Waals surface area contributed by atoms with Crippen molar-refractivity contribution in [3.8, 4) is 0 Å². The lowest BCUT2D eigenvalue weighted by Gasteiger charge is -2.20. The molecule has 0 aromatic heterocycles. The summed E-state index contributed by atoms with van der Waals surface area (Å²) < 4.78 is 0. The van der Waals surface area contributed by atoms with Crippen molar-refractivity contribution in [3.05, 3.63) is 35.9 Å². The minimum absolute atomic E-state index is 0.318. The van der Waals surface area contributed by atoms with Crippen LogP contribution in [0.5, 0.6) is 0 Å². The van der Waals surface area contributed by atoms with Gasteiger partial charge in [0.15, 0.2) is 0 Å². The van der Waals surface area contributed by atoms with Crippen LogP contribution in [0, 0.1) is 0 Å². The predicted molar refractivity (Wildman–Crippen MR) is 60.8 cm³/mol. The summed E-state index contributed by atoms with van der Waals surface area (Å²) in [7, 11) is 0. The van der Waals surface area contributed by atoms with Crippen LogP contribution in [0.3, 0.4) is 0 Å². The summed E-state index contributed by atoms with van der Waals surface area (Å²) in [4.78, 5) is 20.4. The third-order valence-electron chi connectivity index (χ3n) is 1.87. The maximum absolute atomic E-state index is 11.6. The molecule has 0 saturated carbocycles. The van der Waals surface area contributed by atoms with Gasteiger partial charge in [0.25, 0.3) is 5.91 Å². The Bertz CT molecular complexity index is 396. The van der Waals surface area contributed by atoms with Crippen LogP contribution in [0.25, 0.3) is 0 Å². The standard InChI is InChI=1S/C10H9Cl2NO3/c11-6-10(12,9(15)16)13-8(14)7-4-2-1-3-5-7/h1-5H,6H2,(H,13,14)(H,15,16)/t10-/m0/s1. The zero-order chi connectivity index (χ0) is 12.2. The van der Waals surface area contributed by atoms with Crippen molar-refractivity contribution in [3.63, 3.8) is 0 Å². The van der Waals surface area contributed by atoms with Gasteiger partial charge in [0, 0.05) is 5.56 Å². The Balaban J connectivity index is 2.82. The number of carbonyl (C=O) groups is 2. The third-order valence-corrected chi connectivity index (χ3v) is 2.80. The molecule has 0 aliphatic heterocycles. The maximum atomic E-state index is 11.6. The second-order valence-corrected chi connectivity index (χ2v) is 3.97. The molecule has 1 rings (SSSR count). The molecule has 86 valence electrons. The number of hydrogen-bond acceptors (Lipinski definition) is 2. The molecule has 0 radical (unpaired) electrons. The maximum Gasteiger partial charge on any atom is 0.346 e. The molecule has 0 fully saturated rings. The summed E-state index contributed by atoms with van der Waals surface area (Å²) in [5.41, 5.74) is 0.318. The number of halogens is 2. The Hall–Kier alpha value is -1.26. The Morgan fingerprint density at radius 1 is 1.31 bits per heavy atom. The highest BCUT2D eigenvalue weighted by molar-refractivity contribution is 6.39. The molecular formula is C10H9Cl2NO3. The van der Waals surface area contributed by atoms with E-state index in [0.717, 1.165) is 0 Å². The van der Waals surface area contributed by atoms with E-state index in [4.69, 9.17) is 28.3 Å². The number of benzene rings is 1. The molecule has 0 heterocycles. The largest absolute Gasteiger partial charge is 0.479 e. The normalized spacial score (nSPS) is 13.9. The molecule has 1 aromatic carbocycles. The van der Waals surface area contributed by atoms with Crippen molar-refractivity contribution in [2.24, 2.45) is 0 Å². The number of amides is 1. The van der Waals surface area contributed by atoms with Crippen molar-refractivity contribution < 1.29 is 14.7 Å². The number of aliphatic carboxylic acids is 1. The summed E-state index contributed by atoms with van der Waals surface area (Å²) in [5.74, 6) is -2.41. The van der Waals surface area contributed by atoms with Gasteiger partial charge in [0.2, 0.25) is 5.00 Å². The number of rotatable bonds is 4. The van der Waals surface area contributed by atoms with Crippen LogP contribution < -0.4 is 5.32 Å². The minimum atomic E-state index is -1.98. The van der Waals surface area contributed by atoms with E-state index >= 15 is 0 Å². The van der Waals surface area contributed by atoms with Crippen molar-refractivity contribution in [1.29, 1.82) is 0 Å². The van der Waals surface area contributed by atoms with E-state index < -0.39 is 22.8 Å². The van der Waals surface area contributed by atoms with Gasteiger partial charge in [0.1, 0.15) is 0 Å². The van der Waals surface area contributed by atoms with E-state index in [1.54, 1.807) is 30.3 Å². The van der Waals surface area contributed by atoms with Crippen molar-refractivity contribution in [2.45, 2.75) is 5.00 Å². The van der Waals surface area contributed by atoms with Gasteiger partial charge in [-0.25, -0.2) is 4.79 Å². The topological polar surface area (TPSA) is 66.4 Å². The fourth-order valence-electron chi connectivity index (χ4n) is 0.986. The lowest BCUT2D eigenvalue weighted by Crippen LogP contribution is -2.51. The van der Waals surface area contributed by atoms with Crippen LogP contribution in [-0.2, 0) is 4.79 Å². The van der Waals surface area contributed by atoms with Crippen LogP contribution in [0.1, 0.15) is 10.4 Å². The van der Waals surface area contributed by atoms with Gasteiger partial charge in [-0.2, -0.15) is 0 Å². The number of carboxylic acids is 1. The number of carboxylic acid groups (broad SMARTS) is 1. The molecule has 1 aromatic rings. The fourth-order valence-corrected chi connectivity index (χ4v) is 1.25. The van der Waals surface area contributed by atoms with E-state index in [0.29, 0.717) is 5.56 Å². The first-order valence-electron chi connectivity index (χ1n) is 4.35. The van der Waals surface area contributed by atoms with Gasteiger partial charge in [-0.05, 0) is 12.1 Å². The molecule has 1 amide bonds. The molecule has 6 heteroatoms. The molecule has 0 spiro atoms. The molecule has 1 atom stereocenters. The average molecular weight is 262 g/mol. The van der Waals surface area contributed by atoms with Crippen molar-refractivity contribution in [2.75, 3.05) is 5.88 Å². The minimum Gasteiger partial charge on any atom is -0.479 e. The quantitative estimate of drug-likeness (QED) is 0.640. The summed E-state index contributed by atoms with van der Waals surface area (Å²) in [6.07, 6.45) is 0. The molecule has 0 saturated heterocycles. The highest BCUT2D eigenvalue weighted by Crippen LogP contribution is 2.15. The third kappa shape index (κ3) is 2.87. The Morgan fingerprint density at radius 2 is 1.88 bits per heavy atom. The smallest absolute Gasteiger partial charge is 0.346 e. The number of hydrogen-bond donors (Lipinski definition) is 2. The molecule has 2 N–H and O–H groups in total. The van der Waals surface area contributed by atoms with Crippen LogP contribution in [0.4, 0.5) is 0 Å². The number of carbonyl (C=O) groups excluding carboxylic acids is 1. The van der Waals surface area contributed by atoms with Crippen molar-refractivity contribution >= 4 is 35.1 Å². The first kappa shape index (κ1) is 12.8. The van der Waals surface area contributed by atoms with E-state index in [2.05, 4.69) is 5.32 Å². The lowest BCUT2D eigenvalue weighted by molar-refractivity contribution is -0.140. The van der Waals surface area contributed by atoms with E-state index in [-0.39, 0.29) is 0 Å². The Labute approximate surface area is 102 Å². The number of alkyl halides is 2. The molecule has 0 unspecified atom stereocenters. The van der Waals surface area contributed by atoms with Gasteiger partial charge >= 0.3 is 5.97 Å². The highest BCUT2D eigenvalue weighted by atomic mass is 35.5. The van der Waals surface area contributed by atoms with E-state index in [1.807, 2.05) is 0 Å². The van der Waals surface area contributed by atoms with Gasteiger partial charge in [-0.15, -0.1) is 11.6 Å². The SMILES string of the molecule is O=C(N[C@@](Cl)(CCl)C(=O)O)c1ccccc1. The molecule has 0 aliphatic carbocycles. The van der Waals surface area contributed by atoms with Crippen LogP contribution in [-0.4, -0.2) is 27.9 Å².